The number of benzene rings is 2. The van der Waals surface area contributed by atoms with Crippen molar-refractivity contribution in [2.75, 3.05) is 33.1 Å². The van der Waals surface area contributed by atoms with Crippen LogP contribution in [0.4, 0.5) is 10.1 Å². The van der Waals surface area contributed by atoms with Crippen molar-refractivity contribution in [1.82, 2.24) is 5.32 Å². The van der Waals surface area contributed by atoms with Crippen LogP contribution in [0.2, 0.25) is 0 Å². The summed E-state index contributed by atoms with van der Waals surface area (Å²) in [6.45, 7) is 2.30. The maximum absolute atomic E-state index is 13.6. The summed E-state index contributed by atoms with van der Waals surface area (Å²) in [6.07, 6.45) is -0.254. The van der Waals surface area contributed by atoms with Crippen LogP contribution in [0.1, 0.15) is 6.92 Å². The fraction of sp³-hybridized carbons (Fsp3) is 0.316. The van der Waals surface area contributed by atoms with Crippen LogP contribution in [0.15, 0.2) is 47.5 Å². The summed E-state index contributed by atoms with van der Waals surface area (Å²) in [5.74, 6) is 1.66. The molecular formula is C19H24FN3O3. The molecule has 0 aliphatic heterocycles. The van der Waals surface area contributed by atoms with E-state index in [1.807, 2.05) is 19.1 Å². The van der Waals surface area contributed by atoms with Gasteiger partial charge in [-0.25, -0.2) is 4.39 Å². The first-order valence-corrected chi connectivity index (χ1v) is 8.18. The lowest BCUT2D eigenvalue weighted by molar-refractivity contribution is 0.214. The summed E-state index contributed by atoms with van der Waals surface area (Å²) in [7, 11) is 4.83. The minimum atomic E-state index is -0.382. The zero-order valence-electron chi connectivity index (χ0n) is 15.4. The Morgan fingerprint density at radius 2 is 1.81 bits per heavy atom. The summed E-state index contributed by atoms with van der Waals surface area (Å²) in [5.41, 5.74) is 0.790. The molecule has 26 heavy (non-hydrogen) atoms. The highest BCUT2D eigenvalue weighted by atomic mass is 19.1. The van der Waals surface area contributed by atoms with Gasteiger partial charge in [0.25, 0.3) is 0 Å². The van der Waals surface area contributed by atoms with E-state index in [2.05, 4.69) is 15.6 Å². The molecule has 6 nitrogen and oxygen atoms in total. The molecule has 0 fully saturated rings. The van der Waals surface area contributed by atoms with Crippen LogP contribution in [0, 0.1) is 5.82 Å². The van der Waals surface area contributed by atoms with Crippen molar-refractivity contribution in [3.8, 4) is 17.2 Å². The number of para-hydroxylation sites is 1. The van der Waals surface area contributed by atoms with E-state index in [4.69, 9.17) is 14.2 Å². The molecule has 0 bridgehead atoms. The minimum absolute atomic E-state index is 0.227. The number of anilines is 1. The number of nitrogens with zero attached hydrogens (tertiary/aromatic N) is 1. The van der Waals surface area contributed by atoms with Crippen molar-refractivity contribution in [2.24, 2.45) is 4.99 Å². The predicted molar refractivity (Wildman–Crippen MR) is 101 cm³/mol. The smallest absolute Gasteiger partial charge is 0.195 e. The Bertz CT molecular complexity index is 753. The molecule has 140 valence electrons. The van der Waals surface area contributed by atoms with E-state index in [9.17, 15) is 4.39 Å². The Morgan fingerprint density at radius 1 is 1.08 bits per heavy atom. The average molecular weight is 361 g/mol. The molecule has 0 saturated carbocycles. The van der Waals surface area contributed by atoms with Gasteiger partial charge in [0.05, 0.1) is 20.8 Å². The third-order valence-corrected chi connectivity index (χ3v) is 3.59. The Hall–Kier alpha value is -2.96. The molecule has 0 saturated heterocycles. The summed E-state index contributed by atoms with van der Waals surface area (Å²) in [4.78, 5) is 4.17. The van der Waals surface area contributed by atoms with Crippen LogP contribution in [-0.2, 0) is 0 Å². The van der Waals surface area contributed by atoms with E-state index in [1.165, 1.54) is 6.07 Å². The molecule has 1 unspecified atom stereocenters. The second kappa shape index (κ2) is 9.50. The largest absolute Gasteiger partial charge is 0.493 e. The van der Waals surface area contributed by atoms with E-state index >= 15 is 0 Å². The molecule has 0 aliphatic carbocycles. The summed E-state index contributed by atoms with van der Waals surface area (Å²) in [5, 5.41) is 6.30. The molecule has 0 heterocycles. The van der Waals surface area contributed by atoms with E-state index < -0.39 is 0 Å². The predicted octanol–water partition coefficient (Wildman–Crippen LogP) is 3.30. The van der Waals surface area contributed by atoms with Crippen molar-refractivity contribution in [3.63, 3.8) is 0 Å². The van der Waals surface area contributed by atoms with Gasteiger partial charge in [0.15, 0.2) is 29.0 Å². The quantitative estimate of drug-likeness (QED) is 0.585. The number of aliphatic imine (C=N–C) groups is 1. The van der Waals surface area contributed by atoms with Crippen LogP contribution in [0.3, 0.4) is 0 Å². The second-order valence-corrected chi connectivity index (χ2v) is 5.51. The molecule has 7 heteroatoms. The van der Waals surface area contributed by atoms with Crippen LogP contribution in [0.25, 0.3) is 0 Å². The fourth-order valence-corrected chi connectivity index (χ4v) is 2.27. The number of methoxy groups -OCH3 is 2. The highest BCUT2D eigenvalue weighted by Crippen LogP contribution is 2.29. The zero-order valence-corrected chi connectivity index (χ0v) is 15.4. The van der Waals surface area contributed by atoms with Crippen molar-refractivity contribution in [1.29, 1.82) is 0 Å². The molecule has 2 N–H and O–H groups in total. The standard InChI is InChI=1S/C19H24FN3O3/c1-13(26-16-8-6-5-7-15(16)20)12-22-19(21-2)23-14-9-10-17(24-3)18(11-14)25-4/h5-11,13H,12H2,1-4H3,(H2,21,22,23). The van der Waals surface area contributed by atoms with Gasteiger partial charge in [-0.1, -0.05) is 12.1 Å². The molecule has 2 rings (SSSR count). The molecular weight excluding hydrogens is 337 g/mol. The number of hydrogen-bond acceptors (Lipinski definition) is 4. The molecule has 0 radical (unpaired) electrons. The Kier molecular flexibility index (Phi) is 7.08. The Balaban J connectivity index is 1.92. The zero-order chi connectivity index (χ0) is 18.9. The molecule has 0 amide bonds. The van der Waals surface area contributed by atoms with Gasteiger partial charge in [0.1, 0.15) is 6.10 Å². The van der Waals surface area contributed by atoms with E-state index in [0.717, 1.165) is 5.69 Å². The van der Waals surface area contributed by atoms with Gasteiger partial charge in [-0.15, -0.1) is 0 Å². The number of guanidine groups is 1. The normalized spacial score (nSPS) is 12.3. The third kappa shape index (κ3) is 5.27. The van der Waals surface area contributed by atoms with Crippen molar-refractivity contribution in [2.45, 2.75) is 13.0 Å². The van der Waals surface area contributed by atoms with Gasteiger partial charge in [-0.3, -0.25) is 4.99 Å². The van der Waals surface area contributed by atoms with E-state index in [-0.39, 0.29) is 17.7 Å². The minimum Gasteiger partial charge on any atom is -0.493 e. The number of halogens is 1. The third-order valence-electron chi connectivity index (χ3n) is 3.59. The van der Waals surface area contributed by atoms with Gasteiger partial charge in [0, 0.05) is 18.8 Å². The Morgan fingerprint density at radius 3 is 2.46 bits per heavy atom. The summed E-state index contributed by atoms with van der Waals surface area (Å²) >= 11 is 0. The average Bonchev–Trinajstić information content (AvgIpc) is 2.66. The number of hydrogen-bond donors (Lipinski definition) is 2. The first-order valence-electron chi connectivity index (χ1n) is 8.18. The van der Waals surface area contributed by atoms with Crippen molar-refractivity contribution in [3.05, 3.63) is 48.3 Å². The first kappa shape index (κ1) is 19.4. The van der Waals surface area contributed by atoms with Crippen LogP contribution < -0.4 is 24.8 Å². The number of rotatable bonds is 7. The highest BCUT2D eigenvalue weighted by Gasteiger charge is 2.10. The van der Waals surface area contributed by atoms with Crippen LogP contribution in [0.5, 0.6) is 17.2 Å². The lowest BCUT2D eigenvalue weighted by Gasteiger charge is -2.18. The lowest BCUT2D eigenvalue weighted by Crippen LogP contribution is -2.37. The Labute approximate surface area is 153 Å². The van der Waals surface area contributed by atoms with Gasteiger partial charge < -0.3 is 24.8 Å². The SMILES string of the molecule is CN=C(NCC(C)Oc1ccccc1F)Nc1ccc(OC)c(OC)c1. The maximum Gasteiger partial charge on any atom is 0.195 e. The maximum atomic E-state index is 13.6. The monoisotopic (exact) mass is 361 g/mol. The van der Waals surface area contributed by atoms with Crippen molar-refractivity contribution < 1.29 is 18.6 Å². The van der Waals surface area contributed by atoms with Gasteiger partial charge in [0.2, 0.25) is 0 Å². The molecule has 2 aromatic rings. The van der Waals surface area contributed by atoms with Crippen LogP contribution >= 0.6 is 0 Å². The fourth-order valence-electron chi connectivity index (χ4n) is 2.27. The van der Waals surface area contributed by atoms with Crippen LogP contribution in [-0.4, -0.2) is 39.9 Å². The first-order chi connectivity index (χ1) is 12.6. The second-order valence-electron chi connectivity index (χ2n) is 5.51. The number of ether oxygens (including phenoxy) is 3. The topological polar surface area (TPSA) is 64.1 Å². The molecule has 0 aliphatic rings. The summed E-state index contributed by atoms with van der Waals surface area (Å²) in [6, 6.07) is 11.8. The number of nitrogens with one attached hydrogen (secondary N) is 2. The van der Waals surface area contributed by atoms with Gasteiger partial charge in [-0.2, -0.15) is 0 Å². The molecule has 1 atom stereocenters. The molecule has 0 spiro atoms. The van der Waals surface area contributed by atoms with E-state index in [1.54, 1.807) is 45.5 Å². The highest BCUT2D eigenvalue weighted by molar-refractivity contribution is 5.93. The van der Waals surface area contributed by atoms with Gasteiger partial charge in [-0.05, 0) is 31.2 Å². The van der Waals surface area contributed by atoms with Gasteiger partial charge >= 0.3 is 0 Å². The lowest BCUT2D eigenvalue weighted by atomic mass is 10.2. The molecule has 2 aromatic carbocycles. The molecule has 0 aromatic heterocycles. The summed E-state index contributed by atoms with van der Waals surface area (Å²) < 4.78 is 29.7. The van der Waals surface area contributed by atoms with E-state index in [0.29, 0.717) is 24.0 Å². The van der Waals surface area contributed by atoms with Crippen molar-refractivity contribution >= 4 is 11.6 Å².